The molecular formula is C14H10ClN3O2. The fraction of sp³-hybridized carbons (Fsp3) is 0.0714. The molecular weight excluding hydrogens is 278 g/mol. The fourth-order valence-electron chi connectivity index (χ4n) is 1.47. The van der Waals surface area contributed by atoms with Gasteiger partial charge in [0, 0.05) is 16.9 Å². The van der Waals surface area contributed by atoms with E-state index in [1.165, 1.54) is 12.3 Å². The lowest BCUT2D eigenvalue weighted by atomic mass is 10.3. The summed E-state index contributed by atoms with van der Waals surface area (Å²) in [5.74, 6) is 0.212. The highest BCUT2D eigenvalue weighted by Gasteiger charge is 2.08. The molecule has 0 saturated heterocycles. The Bertz CT molecular complexity index is 650. The summed E-state index contributed by atoms with van der Waals surface area (Å²) < 4.78 is 5.11. The van der Waals surface area contributed by atoms with E-state index in [0.29, 0.717) is 16.5 Å². The van der Waals surface area contributed by atoms with Crippen molar-refractivity contribution >= 4 is 23.2 Å². The molecule has 5 nitrogen and oxygen atoms in total. The SMILES string of the molecule is N#CCOc1ccc(NC(=O)c2cc(Cl)ccn2)cc1. The minimum Gasteiger partial charge on any atom is -0.479 e. The molecule has 6 heteroatoms. The van der Waals surface area contributed by atoms with Gasteiger partial charge in [0.25, 0.3) is 5.91 Å². The molecule has 0 bridgehead atoms. The Labute approximate surface area is 120 Å². The van der Waals surface area contributed by atoms with Crippen LogP contribution >= 0.6 is 11.6 Å². The van der Waals surface area contributed by atoms with E-state index in [1.54, 1.807) is 30.3 Å². The smallest absolute Gasteiger partial charge is 0.274 e. The minimum atomic E-state index is -0.349. The molecule has 0 aliphatic rings. The molecule has 0 radical (unpaired) electrons. The van der Waals surface area contributed by atoms with Crippen molar-refractivity contribution in [1.82, 2.24) is 4.98 Å². The summed E-state index contributed by atoms with van der Waals surface area (Å²) in [5, 5.41) is 11.5. The molecule has 0 unspecified atom stereocenters. The second kappa shape index (κ2) is 6.55. The van der Waals surface area contributed by atoms with Gasteiger partial charge < -0.3 is 10.1 Å². The van der Waals surface area contributed by atoms with Crippen LogP contribution in [-0.4, -0.2) is 17.5 Å². The van der Waals surface area contributed by atoms with Gasteiger partial charge in [0.2, 0.25) is 0 Å². The third-order valence-corrected chi connectivity index (χ3v) is 2.61. The number of carbonyl (C=O) groups excluding carboxylic acids is 1. The second-order valence-electron chi connectivity index (χ2n) is 3.78. The number of nitrogens with zero attached hydrogens (tertiary/aromatic N) is 2. The third kappa shape index (κ3) is 3.70. The molecule has 2 aromatic rings. The van der Waals surface area contributed by atoms with Crippen LogP contribution in [-0.2, 0) is 0 Å². The normalized spacial score (nSPS) is 9.60. The van der Waals surface area contributed by atoms with Gasteiger partial charge in [-0.25, -0.2) is 0 Å². The van der Waals surface area contributed by atoms with E-state index < -0.39 is 0 Å². The zero-order valence-corrected chi connectivity index (χ0v) is 11.1. The van der Waals surface area contributed by atoms with Crippen molar-refractivity contribution in [2.24, 2.45) is 0 Å². The van der Waals surface area contributed by atoms with Gasteiger partial charge in [-0.05, 0) is 36.4 Å². The molecule has 1 N–H and O–H groups in total. The fourth-order valence-corrected chi connectivity index (χ4v) is 1.63. The maximum absolute atomic E-state index is 11.9. The first-order valence-corrected chi connectivity index (χ1v) is 6.09. The summed E-state index contributed by atoms with van der Waals surface area (Å²) in [6.45, 7) is -0.0157. The van der Waals surface area contributed by atoms with Crippen molar-refractivity contribution in [3.05, 3.63) is 53.3 Å². The van der Waals surface area contributed by atoms with E-state index in [9.17, 15) is 4.79 Å². The van der Waals surface area contributed by atoms with Gasteiger partial charge in [-0.2, -0.15) is 5.26 Å². The van der Waals surface area contributed by atoms with Gasteiger partial charge in [-0.15, -0.1) is 0 Å². The van der Waals surface area contributed by atoms with Crippen LogP contribution < -0.4 is 10.1 Å². The molecule has 0 aliphatic heterocycles. The van der Waals surface area contributed by atoms with Gasteiger partial charge in [0.05, 0.1) is 0 Å². The number of carbonyl (C=O) groups is 1. The lowest BCUT2D eigenvalue weighted by Gasteiger charge is -2.06. The van der Waals surface area contributed by atoms with E-state index >= 15 is 0 Å². The number of hydrogen-bond acceptors (Lipinski definition) is 4. The van der Waals surface area contributed by atoms with Crippen molar-refractivity contribution in [2.45, 2.75) is 0 Å². The predicted molar refractivity (Wildman–Crippen MR) is 74.8 cm³/mol. The highest BCUT2D eigenvalue weighted by atomic mass is 35.5. The maximum Gasteiger partial charge on any atom is 0.274 e. The maximum atomic E-state index is 11.9. The van der Waals surface area contributed by atoms with E-state index in [0.717, 1.165) is 0 Å². The summed E-state index contributed by atoms with van der Waals surface area (Å²) in [4.78, 5) is 15.9. The molecule has 20 heavy (non-hydrogen) atoms. The Morgan fingerprint density at radius 3 is 2.75 bits per heavy atom. The van der Waals surface area contributed by atoms with Gasteiger partial charge in [-0.3, -0.25) is 9.78 Å². The Kier molecular flexibility index (Phi) is 4.53. The molecule has 0 aliphatic carbocycles. The van der Waals surface area contributed by atoms with Crippen LogP contribution in [0.1, 0.15) is 10.5 Å². The van der Waals surface area contributed by atoms with Crippen LogP contribution in [0, 0.1) is 11.3 Å². The third-order valence-electron chi connectivity index (χ3n) is 2.37. The summed E-state index contributed by atoms with van der Waals surface area (Å²) in [6, 6.07) is 11.6. The van der Waals surface area contributed by atoms with Crippen molar-refractivity contribution in [3.63, 3.8) is 0 Å². The zero-order valence-electron chi connectivity index (χ0n) is 10.3. The molecule has 1 aromatic carbocycles. The quantitative estimate of drug-likeness (QED) is 0.938. The Morgan fingerprint density at radius 1 is 1.35 bits per heavy atom. The summed E-state index contributed by atoms with van der Waals surface area (Å²) in [7, 11) is 0. The summed E-state index contributed by atoms with van der Waals surface area (Å²) in [5.41, 5.74) is 0.836. The minimum absolute atomic E-state index is 0.0157. The van der Waals surface area contributed by atoms with Crippen molar-refractivity contribution < 1.29 is 9.53 Å². The molecule has 1 aromatic heterocycles. The summed E-state index contributed by atoms with van der Waals surface area (Å²) >= 11 is 5.80. The average molecular weight is 288 g/mol. The molecule has 0 fully saturated rings. The number of anilines is 1. The number of hydrogen-bond donors (Lipinski definition) is 1. The first-order chi connectivity index (χ1) is 9.69. The number of benzene rings is 1. The molecule has 1 amide bonds. The molecule has 2 rings (SSSR count). The van der Waals surface area contributed by atoms with E-state index in [1.807, 2.05) is 6.07 Å². The Morgan fingerprint density at radius 2 is 2.10 bits per heavy atom. The van der Waals surface area contributed by atoms with Crippen LogP contribution in [0.3, 0.4) is 0 Å². The first kappa shape index (κ1) is 13.8. The monoisotopic (exact) mass is 287 g/mol. The number of halogens is 1. The second-order valence-corrected chi connectivity index (χ2v) is 4.22. The van der Waals surface area contributed by atoms with Crippen molar-refractivity contribution in [2.75, 3.05) is 11.9 Å². The number of nitriles is 1. The standard InChI is InChI=1S/C14H10ClN3O2/c15-10-5-7-17-13(9-10)14(19)18-11-1-3-12(4-2-11)20-8-6-16/h1-5,7,9H,8H2,(H,18,19). The van der Waals surface area contributed by atoms with Crippen LogP contribution in [0.2, 0.25) is 5.02 Å². The predicted octanol–water partition coefficient (Wildman–Crippen LogP) is 2.89. The number of aromatic nitrogens is 1. The number of amides is 1. The Hall–Kier alpha value is -2.58. The molecule has 100 valence electrons. The van der Waals surface area contributed by atoms with Gasteiger partial charge in [0.1, 0.15) is 17.5 Å². The van der Waals surface area contributed by atoms with Crippen molar-refractivity contribution in [3.8, 4) is 11.8 Å². The lowest BCUT2D eigenvalue weighted by molar-refractivity contribution is 0.102. The van der Waals surface area contributed by atoms with E-state index in [2.05, 4.69) is 10.3 Å². The molecule has 0 saturated carbocycles. The van der Waals surface area contributed by atoms with Crippen molar-refractivity contribution in [1.29, 1.82) is 5.26 Å². The van der Waals surface area contributed by atoms with Crippen LogP contribution in [0.4, 0.5) is 5.69 Å². The number of rotatable bonds is 4. The van der Waals surface area contributed by atoms with Gasteiger partial charge in [-0.1, -0.05) is 11.6 Å². The van der Waals surface area contributed by atoms with Crippen LogP contribution in [0.25, 0.3) is 0 Å². The number of pyridine rings is 1. The lowest BCUT2D eigenvalue weighted by Crippen LogP contribution is -2.13. The van der Waals surface area contributed by atoms with Crippen LogP contribution in [0.5, 0.6) is 5.75 Å². The van der Waals surface area contributed by atoms with Gasteiger partial charge in [0.15, 0.2) is 6.61 Å². The highest BCUT2D eigenvalue weighted by Crippen LogP contribution is 2.16. The van der Waals surface area contributed by atoms with Crippen LogP contribution in [0.15, 0.2) is 42.6 Å². The molecule has 0 spiro atoms. The zero-order chi connectivity index (χ0) is 14.4. The number of ether oxygens (including phenoxy) is 1. The topological polar surface area (TPSA) is 75.0 Å². The first-order valence-electron chi connectivity index (χ1n) is 5.72. The Balaban J connectivity index is 2.03. The molecule has 0 atom stereocenters. The average Bonchev–Trinajstić information content (AvgIpc) is 2.46. The summed E-state index contributed by atoms with van der Waals surface area (Å²) in [6.07, 6.45) is 1.47. The highest BCUT2D eigenvalue weighted by molar-refractivity contribution is 6.30. The largest absolute Gasteiger partial charge is 0.479 e. The molecule has 1 heterocycles. The van der Waals surface area contributed by atoms with E-state index in [4.69, 9.17) is 21.6 Å². The van der Waals surface area contributed by atoms with Gasteiger partial charge >= 0.3 is 0 Å². The number of nitrogens with one attached hydrogen (secondary N) is 1. The van der Waals surface area contributed by atoms with E-state index in [-0.39, 0.29) is 18.2 Å².